The van der Waals surface area contributed by atoms with E-state index in [0.29, 0.717) is 11.5 Å². The third-order valence-electron chi connectivity index (χ3n) is 2.85. The summed E-state index contributed by atoms with van der Waals surface area (Å²) in [6.45, 7) is 4.96. The maximum atomic E-state index is 5.19. The molecular weight excluding hydrogens is 100 g/mol. The van der Waals surface area contributed by atoms with Crippen LogP contribution in [0.25, 0.3) is 0 Å². The molecule has 3 atom stereocenters. The van der Waals surface area contributed by atoms with Crippen molar-refractivity contribution in [2.75, 3.05) is 6.61 Å². The highest BCUT2D eigenvalue weighted by molar-refractivity contribution is 5.52. The van der Waals surface area contributed by atoms with Crippen molar-refractivity contribution in [3.8, 4) is 0 Å². The molecule has 0 N–H and O–H groups in total. The second-order valence-electron chi connectivity index (χ2n) is 3.14. The molecule has 3 unspecified atom stereocenters. The lowest BCUT2D eigenvalue weighted by atomic mass is 10.1. The van der Waals surface area contributed by atoms with E-state index in [4.69, 9.17) is 4.74 Å². The fourth-order valence-electron chi connectivity index (χ4n) is 1.85. The molecule has 0 aromatic rings. The molecule has 3 fully saturated rings. The maximum Gasteiger partial charge on any atom is 0.0908 e. The van der Waals surface area contributed by atoms with E-state index >= 15 is 0 Å². The van der Waals surface area contributed by atoms with Crippen LogP contribution in [0.1, 0.15) is 6.42 Å². The summed E-state index contributed by atoms with van der Waals surface area (Å²) in [6, 6.07) is 0. The molecule has 1 nitrogen and oxygen atoms in total. The molecule has 0 bridgehead atoms. The molecule has 0 aromatic heterocycles. The van der Waals surface area contributed by atoms with E-state index in [0.717, 1.165) is 12.5 Å². The fourth-order valence-corrected chi connectivity index (χ4v) is 1.85. The summed E-state index contributed by atoms with van der Waals surface area (Å²) in [4.78, 5) is 0. The van der Waals surface area contributed by atoms with Gasteiger partial charge in [-0.05, 0) is 12.3 Å². The molecule has 0 spiro atoms. The molecule has 3 rings (SSSR count). The molecule has 2 saturated carbocycles. The second kappa shape index (κ2) is 0.695. The van der Waals surface area contributed by atoms with Crippen LogP contribution in [0.5, 0.6) is 0 Å². The van der Waals surface area contributed by atoms with Gasteiger partial charge in [0, 0.05) is 5.41 Å². The van der Waals surface area contributed by atoms with Crippen LogP contribution in [0, 0.1) is 11.3 Å². The van der Waals surface area contributed by atoms with E-state index in [1.54, 1.807) is 0 Å². The minimum atomic E-state index is 0.569. The summed E-state index contributed by atoms with van der Waals surface area (Å²) in [6.07, 6.45) is 2.00. The number of rotatable bonds is 1. The predicted octanol–water partition coefficient (Wildman–Crippen LogP) is 0.961. The predicted molar refractivity (Wildman–Crippen MR) is 29.4 cm³/mol. The van der Waals surface area contributed by atoms with Gasteiger partial charge in [-0.25, -0.2) is 0 Å². The average molecular weight is 108 g/mol. The zero-order valence-electron chi connectivity index (χ0n) is 4.68. The van der Waals surface area contributed by atoms with Crippen LogP contribution in [0.3, 0.4) is 0 Å². The Morgan fingerprint density at radius 3 is 2.50 bits per heavy atom. The molecular formula is C7H8O. The van der Waals surface area contributed by atoms with Gasteiger partial charge in [-0.15, -0.1) is 0 Å². The van der Waals surface area contributed by atoms with Crippen LogP contribution in [-0.2, 0) is 4.74 Å². The standard InChI is InChI=1S/C7H8O/c1-4-5-2-7(4,5)6-3-8-6/h5-6H,1-3H2. The minimum absolute atomic E-state index is 0.569. The average Bonchev–Trinajstić information content (AvgIpc) is 2.52. The number of ether oxygens (including phenoxy) is 1. The molecule has 0 aromatic carbocycles. The smallest absolute Gasteiger partial charge is 0.0908 e. The van der Waals surface area contributed by atoms with Gasteiger partial charge in [0.05, 0.1) is 12.7 Å². The van der Waals surface area contributed by atoms with Crippen LogP contribution in [0.2, 0.25) is 0 Å². The molecule has 3 aliphatic rings. The van der Waals surface area contributed by atoms with Crippen molar-refractivity contribution >= 4 is 0 Å². The van der Waals surface area contributed by atoms with Crippen molar-refractivity contribution in [2.24, 2.45) is 11.3 Å². The fraction of sp³-hybridized carbons (Fsp3) is 0.714. The van der Waals surface area contributed by atoms with Gasteiger partial charge in [0.15, 0.2) is 0 Å². The summed E-state index contributed by atoms with van der Waals surface area (Å²) in [5, 5.41) is 0. The van der Waals surface area contributed by atoms with Crippen molar-refractivity contribution < 1.29 is 4.74 Å². The monoisotopic (exact) mass is 108 g/mol. The van der Waals surface area contributed by atoms with E-state index in [9.17, 15) is 0 Å². The second-order valence-corrected chi connectivity index (χ2v) is 3.14. The van der Waals surface area contributed by atoms with E-state index in [1.165, 1.54) is 12.0 Å². The molecule has 1 heteroatoms. The van der Waals surface area contributed by atoms with Gasteiger partial charge < -0.3 is 4.74 Å². The Bertz CT molecular complexity index is 181. The highest BCUT2D eigenvalue weighted by Crippen LogP contribution is 2.82. The van der Waals surface area contributed by atoms with Crippen LogP contribution < -0.4 is 0 Å². The molecule has 1 aliphatic heterocycles. The van der Waals surface area contributed by atoms with Crippen LogP contribution in [0.15, 0.2) is 12.2 Å². The zero-order valence-corrected chi connectivity index (χ0v) is 4.68. The normalized spacial score (nSPS) is 64.8. The first kappa shape index (κ1) is 3.67. The number of epoxide rings is 1. The number of fused-ring (bicyclic) bond motifs is 1. The van der Waals surface area contributed by atoms with Gasteiger partial charge in [-0.3, -0.25) is 0 Å². The lowest BCUT2D eigenvalue weighted by molar-refractivity contribution is 0.368. The Balaban J connectivity index is 1.99. The van der Waals surface area contributed by atoms with Crippen LogP contribution in [-0.4, -0.2) is 12.7 Å². The van der Waals surface area contributed by atoms with E-state index in [1.807, 2.05) is 0 Å². The largest absolute Gasteiger partial charge is 0.372 e. The SMILES string of the molecule is C=C1C2CC12C1CO1. The topological polar surface area (TPSA) is 12.5 Å². The van der Waals surface area contributed by atoms with Gasteiger partial charge in [0.2, 0.25) is 0 Å². The minimum Gasteiger partial charge on any atom is -0.372 e. The van der Waals surface area contributed by atoms with E-state index in [-0.39, 0.29) is 0 Å². The molecule has 42 valence electrons. The first-order valence-electron chi connectivity index (χ1n) is 3.16. The van der Waals surface area contributed by atoms with Crippen molar-refractivity contribution in [3.05, 3.63) is 12.2 Å². The molecule has 1 heterocycles. The number of hydrogen-bond acceptors (Lipinski definition) is 1. The molecule has 0 amide bonds. The number of hydrogen-bond donors (Lipinski definition) is 0. The lowest BCUT2D eigenvalue weighted by Crippen LogP contribution is -1.96. The van der Waals surface area contributed by atoms with Gasteiger partial charge >= 0.3 is 0 Å². The van der Waals surface area contributed by atoms with Crippen molar-refractivity contribution in [1.82, 2.24) is 0 Å². The molecule has 8 heavy (non-hydrogen) atoms. The Labute approximate surface area is 48.3 Å². The first-order valence-corrected chi connectivity index (χ1v) is 3.16. The summed E-state index contributed by atoms with van der Waals surface area (Å²) < 4.78 is 5.19. The summed E-state index contributed by atoms with van der Waals surface area (Å²) in [5.74, 6) is 0.898. The van der Waals surface area contributed by atoms with Crippen molar-refractivity contribution in [3.63, 3.8) is 0 Å². The Morgan fingerprint density at radius 1 is 1.75 bits per heavy atom. The van der Waals surface area contributed by atoms with Gasteiger partial charge in [0.1, 0.15) is 0 Å². The third-order valence-corrected chi connectivity index (χ3v) is 2.85. The van der Waals surface area contributed by atoms with Crippen LogP contribution in [0.4, 0.5) is 0 Å². The van der Waals surface area contributed by atoms with Gasteiger partial charge in [0.25, 0.3) is 0 Å². The first-order chi connectivity index (χ1) is 3.86. The Morgan fingerprint density at radius 2 is 2.38 bits per heavy atom. The van der Waals surface area contributed by atoms with Crippen molar-refractivity contribution in [1.29, 1.82) is 0 Å². The summed E-state index contributed by atoms with van der Waals surface area (Å²) in [7, 11) is 0. The lowest BCUT2D eigenvalue weighted by Gasteiger charge is -1.93. The Kier molecular flexibility index (Phi) is 0.319. The summed E-state index contributed by atoms with van der Waals surface area (Å²) in [5.41, 5.74) is 2.04. The molecule has 1 saturated heterocycles. The van der Waals surface area contributed by atoms with Crippen LogP contribution >= 0.6 is 0 Å². The quantitative estimate of drug-likeness (QED) is 0.360. The molecule has 2 aliphatic carbocycles. The van der Waals surface area contributed by atoms with Gasteiger partial charge in [-0.2, -0.15) is 0 Å². The van der Waals surface area contributed by atoms with E-state index in [2.05, 4.69) is 6.58 Å². The maximum absolute atomic E-state index is 5.19. The molecule has 0 radical (unpaired) electrons. The summed E-state index contributed by atoms with van der Waals surface area (Å²) >= 11 is 0. The van der Waals surface area contributed by atoms with E-state index < -0.39 is 0 Å². The highest BCUT2D eigenvalue weighted by Gasteiger charge is 2.80. The van der Waals surface area contributed by atoms with Crippen molar-refractivity contribution in [2.45, 2.75) is 12.5 Å². The highest BCUT2D eigenvalue weighted by atomic mass is 16.6. The zero-order chi connectivity index (χ0) is 5.35. The third kappa shape index (κ3) is 0.191. The van der Waals surface area contributed by atoms with Gasteiger partial charge in [-0.1, -0.05) is 12.2 Å². The Hall–Kier alpha value is -0.300.